The number of hydrogen-bond acceptors (Lipinski definition) is 2. The van der Waals surface area contributed by atoms with Crippen molar-refractivity contribution in [3.8, 4) is 0 Å². The van der Waals surface area contributed by atoms with Crippen molar-refractivity contribution in [3.63, 3.8) is 0 Å². The van der Waals surface area contributed by atoms with E-state index in [-0.39, 0.29) is 6.10 Å². The molecule has 0 amide bonds. The molecule has 0 spiro atoms. The predicted molar refractivity (Wildman–Crippen MR) is 46.5 cm³/mol. The van der Waals surface area contributed by atoms with Crippen molar-refractivity contribution in [3.05, 3.63) is 0 Å². The zero-order valence-electron chi connectivity index (χ0n) is 7.34. The Kier molecular flexibility index (Phi) is 3.87. The van der Waals surface area contributed by atoms with Crippen LogP contribution in [-0.4, -0.2) is 24.3 Å². The minimum absolute atomic E-state index is 0.198. The van der Waals surface area contributed by atoms with E-state index in [4.69, 9.17) is 5.11 Å². The summed E-state index contributed by atoms with van der Waals surface area (Å²) in [6.45, 7) is 3.64. The van der Waals surface area contributed by atoms with Crippen LogP contribution in [0.5, 0.6) is 0 Å². The Balaban J connectivity index is 1.80. The number of aliphatic hydroxyl groups excluding tert-OH is 1. The maximum Gasteiger partial charge on any atom is 0.0636 e. The molecule has 0 aliphatic heterocycles. The Morgan fingerprint density at radius 1 is 1.55 bits per heavy atom. The zero-order valence-corrected chi connectivity index (χ0v) is 7.34. The van der Waals surface area contributed by atoms with Crippen LogP contribution in [0.3, 0.4) is 0 Å². The van der Waals surface area contributed by atoms with Gasteiger partial charge in [-0.3, -0.25) is 0 Å². The first-order valence-corrected chi connectivity index (χ1v) is 4.68. The lowest BCUT2D eigenvalue weighted by Crippen LogP contribution is -2.27. The van der Waals surface area contributed by atoms with Crippen molar-refractivity contribution in [1.82, 2.24) is 5.32 Å². The largest absolute Gasteiger partial charge is 0.392 e. The molecule has 2 nitrogen and oxygen atoms in total. The molecule has 66 valence electrons. The Labute approximate surface area is 69.0 Å². The molecule has 0 unspecified atom stereocenters. The van der Waals surface area contributed by atoms with Crippen LogP contribution in [0, 0.1) is 5.92 Å². The third-order valence-electron chi connectivity index (χ3n) is 2.39. The van der Waals surface area contributed by atoms with E-state index in [2.05, 4.69) is 5.32 Å². The third-order valence-corrected chi connectivity index (χ3v) is 2.39. The van der Waals surface area contributed by atoms with Crippen molar-refractivity contribution in [2.75, 3.05) is 13.1 Å². The summed E-state index contributed by atoms with van der Waals surface area (Å²) in [5.74, 6) is 0.983. The van der Waals surface area contributed by atoms with E-state index in [0.717, 1.165) is 19.0 Å². The summed E-state index contributed by atoms with van der Waals surface area (Å²) in [6, 6.07) is 0. The van der Waals surface area contributed by atoms with Gasteiger partial charge in [0, 0.05) is 6.54 Å². The minimum Gasteiger partial charge on any atom is -0.392 e. The normalized spacial score (nSPS) is 21.3. The molecule has 11 heavy (non-hydrogen) atoms. The number of nitrogens with one attached hydrogen (secondary N) is 1. The van der Waals surface area contributed by atoms with E-state index in [0.29, 0.717) is 0 Å². The molecule has 0 saturated heterocycles. The lowest BCUT2D eigenvalue weighted by molar-refractivity contribution is 0.188. The standard InChI is InChI=1S/C9H19NO/c1-8(11)7-10-6-5-9-3-2-4-9/h8-11H,2-7H2,1H3/t8-/m0/s1. The first-order valence-electron chi connectivity index (χ1n) is 4.68. The zero-order chi connectivity index (χ0) is 8.10. The molecule has 0 radical (unpaired) electrons. The van der Waals surface area contributed by atoms with Crippen molar-refractivity contribution in [2.45, 2.75) is 38.7 Å². The Bertz CT molecular complexity index is 99.7. The van der Waals surface area contributed by atoms with Crippen molar-refractivity contribution in [1.29, 1.82) is 0 Å². The van der Waals surface area contributed by atoms with E-state index < -0.39 is 0 Å². The molecule has 1 rings (SSSR count). The molecule has 1 saturated carbocycles. The highest BCUT2D eigenvalue weighted by Gasteiger charge is 2.15. The van der Waals surface area contributed by atoms with Crippen molar-refractivity contribution >= 4 is 0 Å². The minimum atomic E-state index is -0.198. The first-order chi connectivity index (χ1) is 5.29. The SMILES string of the molecule is C[C@H](O)CNCCC1CCC1. The highest BCUT2D eigenvalue weighted by Crippen LogP contribution is 2.28. The molecule has 0 bridgehead atoms. The maximum atomic E-state index is 8.93. The fourth-order valence-electron chi connectivity index (χ4n) is 1.40. The summed E-state index contributed by atoms with van der Waals surface area (Å²) in [5.41, 5.74) is 0. The molecule has 0 aromatic rings. The van der Waals surface area contributed by atoms with Crippen molar-refractivity contribution < 1.29 is 5.11 Å². The van der Waals surface area contributed by atoms with Crippen LogP contribution in [0.4, 0.5) is 0 Å². The van der Waals surface area contributed by atoms with E-state index in [1.54, 1.807) is 0 Å². The second kappa shape index (κ2) is 4.73. The van der Waals surface area contributed by atoms with E-state index in [9.17, 15) is 0 Å². The fourth-order valence-corrected chi connectivity index (χ4v) is 1.40. The van der Waals surface area contributed by atoms with Gasteiger partial charge < -0.3 is 10.4 Å². The number of rotatable bonds is 5. The average molecular weight is 157 g/mol. The first kappa shape index (κ1) is 9.01. The summed E-state index contributed by atoms with van der Waals surface area (Å²) >= 11 is 0. The number of hydrogen-bond donors (Lipinski definition) is 2. The molecule has 1 aliphatic carbocycles. The van der Waals surface area contributed by atoms with Gasteiger partial charge in [-0.25, -0.2) is 0 Å². The Morgan fingerprint density at radius 3 is 2.73 bits per heavy atom. The third kappa shape index (κ3) is 3.73. The lowest BCUT2D eigenvalue weighted by atomic mass is 9.83. The second-order valence-corrected chi connectivity index (χ2v) is 3.64. The second-order valence-electron chi connectivity index (χ2n) is 3.64. The molecule has 1 aliphatic rings. The van der Waals surface area contributed by atoms with Gasteiger partial charge in [-0.15, -0.1) is 0 Å². The lowest BCUT2D eigenvalue weighted by Gasteiger charge is -2.25. The van der Waals surface area contributed by atoms with Gasteiger partial charge in [-0.2, -0.15) is 0 Å². The Hall–Kier alpha value is -0.0800. The van der Waals surface area contributed by atoms with Gasteiger partial charge >= 0.3 is 0 Å². The summed E-state index contributed by atoms with van der Waals surface area (Å²) in [7, 11) is 0. The van der Waals surface area contributed by atoms with Gasteiger partial charge in [0.05, 0.1) is 6.10 Å². The molecule has 0 aromatic heterocycles. The van der Waals surface area contributed by atoms with Gasteiger partial charge in [0.2, 0.25) is 0 Å². The van der Waals surface area contributed by atoms with Gasteiger partial charge in [0.1, 0.15) is 0 Å². The summed E-state index contributed by atoms with van der Waals surface area (Å²) in [6.07, 6.45) is 5.39. The van der Waals surface area contributed by atoms with Crippen LogP contribution >= 0.6 is 0 Å². The molecular weight excluding hydrogens is 138 g/mol. The predicted octanol–water partition coefficient (Wildman–Crippen LogP) is 1.15. The maximum absolute atomic E-state index is 8.93. The van der Waals surface area contributed by atoms with Gasteiger partial charge in [0.15, 0.2) is 0 Å². The summed E-state index contributed by atoms with van der Waals surface area (Å²) in [4.78, 5) is 0. The van der Waals surface area contributed by atoms with Crippen LogP contribution in [-0.2, 0) is 0 Å². The van der Waals surface area contributed by atoms with Crippen LogP contribution in [0.15, 0.2) is 0 Å². The molecule has 2 heteroatoms. The summed E-state index contributed by atoms with van der Waals surface area (Å²) in [5, 5.41) is 12.2. The highest BCUT2D eigenvalue weighted by atomic mass is 16.3. The molecule has 0 aromatic carbocycles. The van der Waals surface area contributed by atoms with Crippen LogP contribution < -0.4 is 5.32 Å². The number of aliphatic hydroxyl groups is 1. The van der Waals surface area contributed by atoms with E-state index in [1.165, 1.54) is 25.7 Å². The molecule has 0 heterocycles. The fraction of sp³-hybridized carbons (Fsp3) is 1.00. The quantitative estimate of drug-likeness (QED) is 0.587. The smallest absolute Gasteiger partial charge is 0.0636 e. The molecular formula is C9H19NO. The highest BCUT2D eigenvalue weighted by molar-refractivity contribution is 4.70. The van der Waals surface area contributed by atoms with Crippen LogP contribution in [0.25, 0.3) is 0 Å². The van der Waals surface area contributed by atoms with Gasteiger partial charge in [-0.1, -0.05) is 19.3 Å². The Morgan fingerprint density at radius 2 is 2.27 bits per heavy atom. The monoisotopic (exact) mass is 157 g/mol. The van der Waals surface area contributed by atoms with Crippen LogP contribution in [0.1, 0.15) is 32.6 Å². The van der Waals surface area contributed by atoms with Crippen molar-refractivity contribution in [2.24, 2.45) is 5.92 Å². The van der Waals surface area contributed by atoms with Gasteiger partial charge in [0.25, 0.3) is 0 Å². The molecule has 1 atom stereocenters. The van der Waals surface area contributed by atoms with E-state index >= 15 is 0 Å². The average Bonchev–Trinajstić information content (AvgIpc) is 1.82. The molecule has 1 fully saturated rings. The topological polar surface area (TPSA) is 32.3 Å². The van der Waals surface area contributed by atoms with Gasteiger partial charge in [-0.05, 0) is 25.8 Å². The molecule has 2 N–H and O–H groups in total. The summed E-state index contributed by atoms with van der Waals surface area (Å²) < 4.78 is 0. The van der Waals surface area contributed by atoms with Crippen LogP contribution in [0.2, 0.25) is 0 Å². The van der Waals surface area contributed by atoms with E-state index in [1.807, 2.05) is 6.92 Å².